The number of aliphatic hydroxyl groups excluding tert-OH is 1. The largest absolute Gasteiger partial charge is 0.386 e. The maximum absolute atomic E-state index is 14.8. The molecular weight excluding hydrogens is 499 g/mol. The van der Waals surface area contributed by atoms with Gasteiger partial charge in [-0.25, -0.2) is 14.3 Å². The van der Waals surface area contributed by atoms with E-state index in [0.29, 0.717) is 22.2 Å². The van der Waals surface area contributed by atoms with E-state index < -0.39 is 41.7 Å². The number of anilines is 2. The summed E-state index contributed by atoms with van der Waals surface area (Å²) in [5, 5.41) is 13.9. The summed E-state index contributed by atoms with van der Waals surface area (Å²) in [5.41, 5.74) is 4.62. The molecule has 2 aliphatic rings. The number of hydrogen-bond acceptors (Lipinski definition) is 6. The number of benzene rings is 3. The molecule has 39 heavy (non-hydrogen) atoms. The zero-order chi connectivity index (χ0) is 27.3. The number of amides is 2. The average molecular weight is 525 g/mol. The number of hydrogen-bond donors (Lipinski definition) is 2. The Morgan fingerprint density at radius 1 is 0.923 bits per heavy atom. The first-order valence-corrected chi connectivity index (χ1v) is 12.6. The van der Waals surface area contributed by atoms with Crippen LogP contribution in [0.1, 0.15) is 23.4 Å². The van der Waals surface area contributed by atoms with Crippen molar-refractivity contribution in [1.29, 1.82) is 0 Å². The molecule has 4 aromatic rings. The minimum Gasteiger partial charge on any atom is -0.386 e. The lowest BCUT2D eigenvalue weighted by Crippen LogP contribution is -2.55. The van der Waals surface area contributed by atoms with Crippen LogP contribution in [0.2, 0.25) is 0 Å². The van der Waals surface area contributed by atoms with Crippen LogP contribution in [0.25, 0.3) is 10.9 Å². The maximum Gasteiger partial charge on any atom is 0.254 e. The molecule has 4 atom stereocenters. The first-order valence-electron chi connectivity index (χ1n) is 12.6. The van der Waals surface area contributed by atoms with Crippen LogP contribution < -0.4 is 10.3 Å². The Hall–Kier alpha value is -4.60. The predicted octanol–water partition coefficient (Wildman–Crippen LogP) is 4.30. The molecule has 0 spiro atoms. The fourth-order valence-corrected chi connectivity index (χ4v) is 5.48. The van der Waals surface area contributed by atoms with Crippen LogP contribution in [0.5, 0.6) is 0 Å². The Labute approximate surface area is 223 Å². The van der Waals surface area contributed by atoms with Crippen molar-refractivity contribution < 1.29 is 23.9 Å². The molecule has 196 valence electrons. The highest BCUT2D eigenvalue weighted by Crippen LogP contribution is 2.39. The smallest absolute Gasteiger partial charge is 0.254 e. The number of rotatable bonds is 5. The lowest BCUT2D eigenvalue weighted by atomic mass is 9.90. The Bertz CT molecular complexity index is 1630. The summed E-state index contributed by atoms with van der Waals surface area (Å²) < 4.78 is 16.2. The number of aliphatic hydroxyl groups is 1. The number of para-hydroxylation sites is 3. The molecule has 6 rings (SSSR count). The highest BCUT2D eigenvalue weighted by atomic mass is 19.1. The molecule has 4 unspecified atom stereocenters. The van der Waals surface area contributed by atoms with E-state index in [1.54, 1.807) is 79.0 Å². The van der Waals surface area contributed by atoms with Crippen molar-refractivity contribution in [1.82, 2.24) is 9.58 Å². The fraction of sp³-hybridized carbons (Fsp3) is 0.167. The van der Waals surface area contributed by atoms with E-state index >= 15 is 0 Å². The van der Waals surface area contributed by atoms with Crippen LogP contribution in [-0.4, -0.2) is 44.5 Å². The maximum atomic E-state index is 14.8. The van der Waals surface area contributed by atoms with Gasteiger partial charge in [-0.15, -0.1) is 0 Å². The Kier molecular flexibility index (Phi) is 6.09. The van der Waals surface area contributed by atoms with Crippen molar-refractivity contribution in [3.8, 4) is 0 Å². The monoisotopic (exact) mass is 524 g/mol. The molecule has 0 radical (unpaired) electrons. The summed E-state index contributed by atoms with van der Waals surface area (Å²) in [6.45, 7) is 1.43. The second-order valence-corrected chi connectivity index (χ2v) is 9.63. The fourth-order valence-electron chi connectivity index (χ4n) is 5.48. The topological polar surface area (TPSA) is 94.9 Å². The molecule has 2 amide bonds. The number of carbonyl (C=O) groups is 3. The first kappa shape index (κ1) is 24.7. The second kappa shape index (κ2) is 9.61. The van der Waals surface area contributed by atoms with Gasteiger partial charge in [0, 0.05) is 24.1 Å². The Morgan fingerprint density at radius 2 is 1.62 bits per heavy atom. The van der Waals surface area contributed by atoms with Gasteiger partial charge in [0.15, 0.2) is 0 Å². The highest BCUT2D eigenvalue weighted by molar-refractivity contribution is 6.24. The van der Waals surface area contributed by atoms with Crippen LogP contribution in [0.15, 0.2) is 97.2 Å². The van der Waals surface area contributed by atoms with Crippen LogP contribution >= 0.6 is 0 Å². The summed E-state index contributed by atoms with van der Waals surface area (Å²) >= 11 is 0. The SMILES string of the molecule is CC(=O)n1cc(C(O)C2C=CC3C(=O)N(c4ccccc4)C(=O)C3N2Nc2ccccc2F)c2ccccc21. The van der Waals surface area contributed by atoms with Crippen molar-refractivity contribution in [3.05, 3.63) is 109 Å². The van der Waals surface area contributed by atoms with Gasteiger partial charge < -0.3 is 10.5 Å². The van der Waals surface area contributed by atoms with Gasteiger partial charge in [0.1, 0.15) is 18.0 Å². The molecular formula is C30H25FN4O4. The number of aromatic nitrogens is 1. The van der Waals surface area contributed by atoms with E-state index in [-0.39, 0.29) is 11.6 Å². The standard InChI is InChI=1S/C30H25FN4O4/c1-18(36)33-17-22(20-11-5-8-14-25(20)33)28(37)26-16-15-21-27(35(26)32-24-13-7-6-12-23(24)31)30(39)34(29(21)38)19-9-3-2-4-10-19/h2-17,21,26-28,32,37H,1H3. The van der Waals surface area contributed by atoms with Crippen molar-refractivity contribution >= 4 is 40.0 Å². The van der Waals surface area contributed by atoms with Crippen LogP contribution in [-0.2, 0) is 9.59 Å². The van der Waals surface area contributed by atoms with Gasteiger partial charge >= 0.3 is 0 Å². The zero-order valence-electron chi connectivity index (χ0n) is 20.9. The van der Waals surface area contributed by atoms with Crippen LogP contribution in [0.4, 0.5) is 15.8 Å². The lowest BCUT2D eigenvalue weighted by Gasteiger charge is -2.40. The molecule has 8 nitrogen and oxygen atoms in total. The number of nitrogens with zero attached hydrogens (tertiary/aromatic N) is 3. The third kappa shape index (κ3) is 4.03. The number of halogens is 1. The molecule has 0 aliphatic carbocycles. The lowest BCUT2D eigenvalue weighted by molar-refractivity contribution is -0.123. The van der Waals surface area contributed by atoms with E-state index in [4.69, 9.17) is 0 Å². The normalized spacial score (nSPS) is 21.8. The molecule has 9 heteroatoms. The molecule has 0 bridgehead atoms. The number of hydrazine groups is 1. The molecule has 0 saturated carbocycles. The van der Waals surface area contributed by atoms with Crippen molar-refractivity contribution in [2.75, 3.05) is 10.3 Å². The quantitative estimate of drug-likeness (QED) is 0.299. The molecule has 2 aliphatic heterocycles. The number of fused-ring (bicyclic) bond motifs is 2. The highest BCUT2D eigenvalue weighted by Gasteiger charge is 2.54. The molecule has 2 N–H and O–H groups in total. The minimum absolute atomic E-state index is 0.0910. The molecule has 1 fully saturated rings. The van der Waals surface area contributed by atoms with E-state index in [1.807, 2.05) is 6.07 Å². The number of carbonyl (C=O) groups excluding carboxylic acids is 3. The van der Waals surface area contributed by atoms with E-state index in [2.05, 4.69) is 5.43 Å². The summed E-state index contributed by atoms with van der Waals surface area (Å²) in [5.74, 6) is -2.53. The molecule has 3 heterocycles. The van der Waals surface area contributed by atoms with Gasteiger partial charge in [0.05, 0.1) is 28.9 Å². The van der Waals surface area contributed by atoms with E-state index in [0.717, 1.165) is 4.90 Å². The van der Waals surface area contributed by atoms with Gasteiger partial charge in [-0.1, -0.05) is 60.7 Å². The second-order valence-electron chi connectivity index (χ2n) is 9.63. The van der Waals surface area contributed by atoms with Gasteiger partial charge in [-0.05, 0) is 30.3 Å². The Balaban J connectivity index is 1.45. The van der Waals surface area contributed by atoms with Gasteiger partial charge in [0.25, 0.3) is 5.91 Å². The minimum atomic E-state index is -1.24. The summed E-state index contributed by atoms with van der Waals surface area (Å²) in [4.78, 5) is 40.7. The summed E-state index contributed by atoms with van der Waals surface area (Å²) in [6.07, 6.45) is 3.63. The molecule has 1 saturated heterocycles. The summed E-state index contributed by atoms with van der Waals surface area (Å²) in [7, 11) is 0. The number of nitrogens with one attached hydrogen (secondary N) is 1. The first-order chi connectivity index (χ1) is 18.9. The van der Waals surface area contributed by atoms with E-state index in [1.165, 1.54) is 28.6 Å². The third-order valence-electron chi connectivity index (χ3n) is 7.32. The predicted molar refractivity (Wildman–Crippen MR) is 144 cm³/mol. The van der Waals surface area contributed by atoms with Gasteiger partial charge in [-0.2, -0.15) is 0 Å². The van der Waals surface area contributed by atoms with Crippen molar-refractivity contribution in [2.24, 2.45) is 5.92 Å². The van der Waals surface area contributed by atoms with Gasteiger partial charge in [0.2, 0.25) is 11.8 Å². The number of imide groups is 1. The third-order valence-corrected chi connectivity index (χ3v) is 7.32. The summed E-state index contributed by atoms with van der Waals surface area (Å²) in [6, 6.07) is 19.9. The van der Waals surface area contributed by atoms with Crippen molar-refractivity contribution in [3.63, 3.8) is 0 Å². The Morgan fingerprint density at radius 3 is 2.36 bits per heavy atom. The zero-order valence-corrected chi connectivity index (χ0v) is 20.9. The van der Waals surface area contributed by atoms with Gasteiger partial charge in [-0.3, -0.25) is 19.0 Å². The van der Waals surface area contributed by atoms with Crippen LogP contribution in [0.3, 0.4) is 0 Å². The van der Waals surface area contributed by atoms with Crippen molar-refractivity contribution in [2.45, 2.75) is 25.1 Å². The van der Waals surface area contributed by atoms with E-state index in [9.17, 15) is 23.9 Å². The molecule has 3 aromatic carbocycles. The van der Waals surface area contributed by atoms with Crippen LogP contribution in [0, 0.1) is 11.7 Å². The molecule has 1 aromatic heterocycles. The average Bonchev–Trinajstić information content (AvgIpc) is 3.46.